The Morgan fingerprint density at radius 3 is 2.64 bits per heavy atom. The third-order valence-electron chi connectivity index (χ3n) is 3.60. The highest BCUT2D eigenvalue weighted by Gasteiger charge is 2.36. The average molecular weight is 306 g/mol. The van der Waals surface area contributed by atoms with Crippen LogP contribution in [-0.2, 0) is 9.59 Å². The number of rotatable bonds is 5. The van der Waals surface area contributed by atoms with Gasteiger partial charge in [-0.1, -0.05) is 0 Å². The van der Waals surface area contributed by atoms with Crippen LogP contribution in [-0.4, -0.2) is 38.6 Å². The van der Waals surface area contributed by atoms with Gasteiger partial charge < -0.3 is 19.7 Å². The number of anilines is 1. The maximum atomic E-state index is 12.3. The molecule has 2 amide bonds. The van der Waals surface area contributed by atoms with Crippen molar-refractivity contribution >= 4 is 17.5 Å². The topological polar surface area (TPSA) is 67.9 Å². The number of carbonyl (C=O) groups excluding carboxylic acids is 2. The van der Waals surface area contributed by atoms with Gasteiger partial charge in [0.25, 0.3) is 0 Å². The van der Waals surface area contributed by atoms with Crippen molar-refractivity contribution in [2.24, 2.45) is 5.92 Å². The minimum atomic E-state index is -0.342. The van der Waals surface area contributed by atoms with Crippen LogP contribution in [0.3, 0.4) is 0 Å². The predicted molar refractivity (Wildman–Crippen MR) is 83.3 cm³/mol. The van der Waals surface area contributed by atoms with Crippen LogP contribution in [0, 0.1) is 5.92 Å². The SMILES string of the molecule is COc1ccc(OC)c(N2CC(C(=O)NC(C)C)CC2=O)c1. The molecule has 1 aliphatic heterocycles. The highest BCUT2D eigenvalue weighted by molar-refractivity contribution is 6.01. The van der Waals surface area contributed by atoms with Gasteiger partial charge in [0.1, 0.15) is 11.5 Å². The number of hydrogen-bond acceptors (Lipinski definition) is 4. The molecule has 1 aromatic carbocycles. The lowest BCUT2D eigenvalue weighted by Gasteiger charge is -2.20. The molecule has 0 aromatic heterocycles. The summed E-state index contributed by atoms with van der Waals surface area (Å²) >= 11 is 0. The van der Waals surface area contributed by atoms with E-state index in [2.05, 4.69) is 5.32 Å². The van der Waals surface area contributed by atoms with Crippen molar-refractivity contribution in [1.82, 2.24) is 5.32 Å². The molecule has 120 valence electrons. The number of amides is 2. The summed E-state index contributed by atoms with van der Waals surface area (Å²) in [6, 6.07) is 5.33. The predicted octanol–water partition coefficient (Wildman–Crippen LogP) is 1.58. The van der Waals surface area contributed by atoms with Crippen LogP contribution in [0.5, 0.6) is 11.5 Å². The molecule has 0 radical (unpaired) electrons. The van der Waals surface area contributed by atoms with Gasteiger partial charge in [-0.15, -0.1) is 0 Å². The van der Waals surface area contributed by atoms with E-state index in [0.717, 1.165) is 0 Å². The number of nitrogens with zero attached hydrogens (tertiary/aromatic N) is 1. The summed E-state index contributed by atoms with van der Waals surface area (Å²) in [6.07, 6.45) is 0.207. The Morgan fingerprint density at radius 2 is 2.05 bits per heavy atom. The summed E-state index contributed by atoms with van der Waals surface area (Å²) in [5, 5.41) is 2.85. The van der Waals surface area contributed by atoms with E-state index in [1.807, 2.05) is 13.8 Å². The molecular formula is C16H22N2O4. The highest BCUT2D eigenvalue weighted by atomic mass is 16.5. The monoisotopic (exact) mass is 306 g/mol. The van der Waals surface area contributed by atoms with Crippen LogP contribution < -0.4 is 19.7 Å². The first-order valence-electron chi connectivity index (χ1n) is 7.29. The number of benzene rings is 1. The van der Waals surface area contributed by atoms with Crippen molar-refractivity contribution in [2.75, 3.05) is 25.7 Å². The standard InChI is InChI=1S/C16H22N2O4/c1-10(2)17-16(20)11-7-15(19)18(9-11)13-8-12(21-3)5-6-14(13)22-4/h5-6,8,10-11H,7,9H2,1-4H3,(H,17,20). The van der Waals surface area contributed by atoms with Crippen molar-refractivity contribution in [3.63, 3.8) is 0 Å². The van der Waals surface area contributed by atoms with Gasteiger partial charge in [0, 0.05) is 25.1 Å². The zero-order valence-electron chi connectivity index (χ0n) is 13.4. The third-order valence-corrected chi connectivity index (χ3v) is 3.60. The Kier molecular flexibility index (Phi) is 4.90. The minimum Gasteiger partial charge on any atom is -0.497 e. The van der Waals surface area contributed by atoms with Crippen LogP contribution in [0.15, 0.2) is 18.2 Å². The van der Waals surface area contributed by atoms with Gasteiger partial charge in [-0.3, -0.25) is 9.59 Å². The summed E-state index contributed by atoms with van der Waals surface area (Å²) in [7, 11) is 3.12. The fourth-order valence-corrected chi connectivity index (χ4v) is 2.53. The molecule has 1 fully saturated rings. The summed E-state index contributed by atoms with van der Waals surface area (Å²) < 4.78 is 10.5. The Hall–Kier alpha value is -2.24. The smallest absolute Gasteiger partial charge is 0.227 e. The van der Waals surface area contributed by atoms with Crippen molar-refractivity contribution in [3.8, 4) is 11.5 Å². The third kappa shape index (κ3) is 3.32. The Morgan fingerprint density at radius 1 is 1.32 bits per heavy atom. The van der Waals surface area contributed by atoms with Gasteiger partial charge in [-0.05, 0) is 26.0 Å². The number of carbonyl (C=O) groups is 2. The summed E-state index contributed by atoms with van der Waals surface area (Å²) in [5.74, 6) is 0.701. The minimum absolute atomic E-state index is 0.0583. The molecule has 0 bridgehead atoms. The van der Waals surface area contributed by atoms with Crippen molar-refractivity contribution in [1.29, 1.82) is 0 Å². The molecule has 0 spiro atoms. The normalized spacial score (nSPS) is 17.8. The highest BCUT2D eigenvalue weighted by Crippen LogP contribution is 2.36. The second-order valence-electron chi connectivity index (χ2n) is 5.61. The number of methoxy groups -OCH3 is 2. The van der Waals surface area contributed by atoms with E-state index in [-0.39, 0.29) is 30.2 Å². The summed E-state index contributed by atoms with van der Waals surface area (Å²) in [6.45, 7) is 4.15. The van der Waals surface area contributed by atoms with E-state index in [1.165, 1.54) is 0 Å². The zero-order valence-corrected chi connectivity index (χ0v) is 13.4. The molecule has 1 aromatic rings. The molecule has 6 nitrogen and oxygen atoms in total. The fourth-order valence-electron chi connectivity index (χ4n) is 2.53. The molecule has 1 saturated heterocycles. The van der Waals surface area contributed by atoms with Crippen molar-refractivity contribution < 1.29 is 19.1 Å². The van der Waals surface area contributed by atoms with Crippen LogP contribution in [0.1, 0.15) is 20.3 Å². The first kappa shape index (κ1) is 16.1. The van der Waals surface area contributed by atoms with Crippen molar-refractivity contribution in [2.45, 2.75) is 26.3 Å². The van der Waals surface area contributed by atoms with Gasteiger partial charge in [0.2, 0.25) is 11.8 Å². The molecule has 1 heterocycles. The van der Waals surface area contributed by atoms with E-state index in [4.69, 9.17) is 9.47 Å². The van der Waals surface area contributed by atoms with Gasteiger partial charge in [-0.25, -0.2) is 0 Å². The van der Waals surface area contributed by atoms with Gasteiger partial charge in [0.05, 0.1) is 25.8 Å². The largest absolute Gasteiger partial charge is 0.497 e. The lowest BCUT2D eigenvalue weighted by Crippen LogP contribution is -2.37. The van der Waals surface area contributed by atoms with Crippen LogP contribution in [0.4, 0.5) is 5.69 Å². The molecule has 0 aliphatic carbocycles. The molecule has 6 heteroatoms. The Balaban J connectivity index is 2.23. The molecule has 22 heavy (non-hydrogen) atoms. The van der Waals surface area contributed by atoms with Crippen molar-refractivity contribution in [3.05, 3.63) is 18.2 Å². The van der Waals surface area contributed by atoms with E-state index in [0.29, 0.717) is 23.7 Å². The molecule has 0 saturated carbocycles. The van der Waals surface area contributed by atoms with Crippen LogP contribution in [0.25, 0.3) is 0 Å². The van der Waals surface area contributed by atoms with E-state index in [1.54, 1.807) is 37.3 Å². The second-order valence-corrected chi connectivity index (χ2v) is 5.61. The van der Waals surface area contributed by atoms with E-state index >= 15 is 0 Å². The number of hydrogen-bond donors (Lipinski definition) is 1. The molecule has 1 aliphatic rings. The van der Waals surface area contributed by atoms with Gasteiger partial charge in [-0.2, -0.15) is 0 Å². The number of ether oxygens (including phenoxy) is 2. The first-order valence-corrected chi connectivity index (χ1v) is 7.29. The van der Waals surface area contributed by atoms with Crippen LogP contribution >= 0.6 is 0 Å². The molecule has 1 unspecified atom stereocenters. The molecular weight excluding hydrogens is 284 g/mol. The molecule has 1 N–H and O–H groups in total. The lowest BCUT2D eigenvalue weighted by molar-refractivity contribution is -0.126. The average Bonchev–Trinajstić information content (AvgIpc) is 2.88. The lowest BCUT2D eigenvalue weighted by atomic mass is 10.1. The Bertz CT molecular complexity index is 571. The second kappa shape index (κ2) is 6.68. The van der Waals surface area contributed by atoms with Crippen LogP contribution in [0.2, 0.25) is 0 Å². The zero-order chi connectivity index (χ0) is 16.3. The number of nitrogens with one attached hydrogen (secondary N) is 1. The quantitative estimate of drug-likeness (QED) is 0.897. The maximum Gasteiger partial charge on any atom is 0.227 e. The van der Waals surface area contributed by atoms with E-state index < -0.39 is 0 Å². The maximum absolute atomic E-state index is 12.3. The molecule has 1 atom stereocenters. The van der Waals surface area contributed by atoms with Gasteiger partial charge in [0.15, 0.2) is 0 Å². The fraction of sp³-hybridized carbons (Fsp3) is 0.500. The van der Waals surface area contributed by atoms with Gasteiger partial charge >= 0.3 is 0 Å². The first-order chi connectivity index (χ1) is 10.5. The summed E-state index contributed by atoms with van der Waals surface area (Å²) in [5.41, 5.74) is 0.631. The molecule has 2 rings (SSSR count). The Labute approximate surface area is 130 Å². The van der Waals surface area contributed by atoms with E-state index in [9.17, 15) is 9.59 Å². The summed E-state index contributed by atoms with van der Waals surface area (Å²) in [4.78, 5) is 26.0.